The second-order valence-electron chi connectivity index (χ2n) is 2.46. The highest BCUT2D eigenvalue weighted by molar-refractivity contribution is 5.84. The van der Waals surface area contributed by atoms with Crippen LogP contribution in [0.15, 0.2) is 55.3 Å². The van der Waals surface area contributed by atoms with E-state index in [1.54, 1.807) is 12.1 Å². The van der Waals surface area contributed by atoms with Gasteiger partial charge in [0.1, 0.15) is 0 Å². The highest BCUT2D eigenvalue weighted by atomic mass is 16.5. The summed E-state index contributed by atoms with van der Waals surface area (Å²) in [5, 5.41) is 2.55. The number of carbonyl (C=O) groups excluding carboxylic acids is 1. The van der Waals surface area contributed by atoms with Crippen molar-refractivity contribution < 1.29 is 9.53 Å². The van der Waals surface area contributed by atoms with Crippen molar-refractivity contribution in [3.63, 3.8) is 0 Å². The van der Waals surface area contributed by atoms with Gasteiger partial charge in [-0.25, -0.2) is 4.79 Å². The molecular formula is C11H11NO2. The van der Waals surface area contributed by atoms with Gasteiger partial charge in [-0.1, -0.05) is 30.9 Å². The van der Waals surface area contributed by atoms with Crippen LogP contribution >= 0.6 is 0 Å². The number of allylic oxidation sites excluding steroid dienone is 2. The van der Waals surface area contributed by atoms with E-state index in [2.05, 4.69) is 16.6 Å². The number of nitrogens with one attached hydrogen (secondary N) is 1. The third kappa shape index (κ3) is 3.58. The van der Waals surface area contributed by atoms with E-state index in [0.29, 0.717) is 5.69 Å². The maximum Gasteiger partial charge on any atom is 0.416 e. The number of amides is 1. The molecule has 1 N–H and O–H groups in total. The summed E-state index contributed by atoms with van der Waals surface area (Å²) < 4.78 is 4.68. The third-order valence-electron chi connectivity index (χ3n) is 1.41. The number of anilines is 1. The first-order valence-corrected chi connectivity index (χ1v) is 4.13. The fourth-order valence-electron chi connectivity index (χ4n) is 0.825. The molecule has 1 aromatic carbocycles. The Morgan fingerprint density at radius 2 is 2.07 bits per heavy atom. The predicted octanol–water partition coefficient (Wildman–Crippen LogP) is 2.93. The monoisotopic (exact) mass is 189 g/mol. The van der Waals surface area contributed by atoms with Crippen LogP contribution in [0.2, 0.25) is 0 Å². The quantitative estimate of drug-likeness (QED) is 0.586. The lowest BCUT2D eigenvalue weighted by atomic mass is 10.3. The number of hydrogen-bond acceptors (Lipinski definition) is 2. The Hall–Kier alpha value is -2.03. The predicted molar refractivity (Wildman–Crippen MR) is 55.9 cm³/mol. The average molecular weight is 189 g/mol. The molecule has 72 valence electrons. The number of para-hydroxylation sites is 1. The SMILES string of the molecule is C=C/C=C\OC(=O)Nc1ccccc1. The van der Waals surface area contributed by atoms with Gasteiger partial charge in [-0.3, -0.25) is 5.32 Å². The standard InChI is InChI=1S/C11H11NO2/c1-2-3-9-14-11(13)12-10-7-5-4-6-8-10/h2-9H,1H2,(H,12,13)/b9-3-. The number of hydrogen-bond donors (Lipinski definition) is 1. The minimum Gasteiger partial charge on any atom is -0.418 e. The molecule has 3 nitrogen and oxygen atoms in total. The van der Waals surface area contributed by atoms with Crippen molar-refractivity contribution in [1.82, 2.24) is 0 Å². The normalized spacial score (nSPS) is 9.71. The van der Waals surface area contributed by atoms with Crippen molar-refractivity contribution in [1.29, 1.82) is 0 Å². The fraction of sp³-hybridized carbons (Fsp3) is 0. The zero-order chi connectivity index (χ0) is 10.2. The Balaban J connectivity index is 2.42. The Morgan fingerprint density at radius 3 is 2.71 bits per heavy atom. The van der Waals surface area contributed by atoms with Gasteiger partial charge >= 0.3 is 6.09 Å². The van der Waals surface area contributed by atoms with Crippen LogP contribution in [0.3, 0.4) is 0 Å². The zero-order valence-corrected chi connectivity index (χ0v) is 7.64. The molecule has 1 rings (SSSR count). The molecule has 3 heteroatoms. The summed E-state index contributed by atoms with van der Waals surface area (Å²) in [6.45, 7) is 3.44. The van der Waals surface area contributed by atoms with Gasteiger partial charge in [0.05, 0.1) is 6.26 Å². The van der Waals surface area contributed by atoms with Crippen LogP contribution < -0.4 is 5.32 Å². The molecule has 0 radical (unpaired) electrons. The van der Waals surface area contributed by atoms with Gasteiger partial charge in [-0.2, -0.15) is 0 Å². The molecule has 0 heterocycles. The topological polar surface area (TPSA) is 38.3 Å². The van der Waals surface area contributed by atoms with E-state index in [1.807, 2.05) is 18.2 Å². The fourth-order valence-corrected chi connectivity index (χ4v) is 0.825. The lowest BCUT2D eigenvalue weighted by Gasteiger charge is -2.01. The molecule has 1 amide bonds. The molecule has 0 spiro atoms. The van der Waals surface area contributed by atoms with Crippen molar-refractivity contribution in [3.8, 4) is 0 Å². The number of ether oxygens (including phenoxy) is 1. The first kappa shape index (κ1) is 10.1. The molecule has 0 bridgehead atoms. The Bertz CT molecular complexity index is 330. The summed E-state index contributed by atoms with van der Waals surface area (Å²) >= 11 is 0. The van der Waals surface area contributed by atoms with Gasteiger partial charge < -0.3 is 4.74 Å². The van der Waals surface area contributed by atoms with Gasteiger partial charge in [0, 0.05) is 5.69 Å². The van der Waals surface area contributed by atoms with Crippen molar-refractivity contribution in [3.05, 3.63) is 55.3 Å². The Morgan fingerprint density at radius 1 is 1.36 bits per heavy atom. The highest BCUT2D eigenvalue weighted by Crippen LogP contribution is 2.05. The molecule has 0 aromatic heterocycles. The van der Waals surface area contributed by atoms with Gasteiger partial charge in [0.25, 0.3) is 0 Å². The molecule has 1 aromatic rings. The van der Waals surface area contributed by atoms with Gasteiger partial charge in [0.15, 0.2) is 0 Å². The first-order valence-electron chi connectivity index (χ1n) is 4.13. The largest absolute Gasteiger partial charge is 0.418 e. The van der Waals surface area contributed by atoms with Crippen LogP contribution in [0.25, 0.3) is 0 Å². The van der Waals surface area contributed by atoms with Crippen molar-refractivity contribution in [2.75, 3.05) is 5.32 Å². The summed E-state index contributed by atoms with van der Waals surface area (Å²) in [5.74, 6) is 0. The molecule has 0 saturated carbocycles. The van der Waals surface area contributed by atoms with Gasteiger partial charge in [0.2, 0.25) is 0 Å². The summed E-state index contributed by atoms with van der Waals surface area (Å²) in [4.78, 5) is 11.1. The van der Waals surface area contributed by atoms with E-state index in [0.717, 1.165) is 0 Å². The number of rotatable bonds is 3. The second kappa shape index (κ2) is 5.59. The lowest BCUT2D eigenvalue weighted by molar-refractivity contribution is 0.201. The van der Waals surface area contributed by atoms with Crippen molar-refractivity contribution in [2.45, 2.75) is 0 Å². The number of carbonyl (C=O) groups is 1. The Labute approximate surface area is 82.7 Å². The molecule has 0 aliphatic rings. The minimum absolute atomic E-state index is 0.519. The third-order valence-corrected chi connectivity index (χ3v) is 1.41. The molecule has 0 fully saturated rings. The highest BCUT2D eigenvalue weighted by Gasteiger charge is 1.98. The van der Waals surface area contributed by atoms with Crippen LogP contribution in [0.5, 0.6) is 0 Å². The molecule has 0 unspecified atom stereocenters. The van der Waals surface area contributed by atoms with Gasteiger partial charge in [-0.05, 0) is 18.2 Å². The Kier molecular flexibility index (Phi) is 4.01. The van der Waals surface area contributed by atoms with Crippen LogP contribution in [0.4, 0.5) is 10.5 Å². The molecule has 0 saturated heterocycles. The van der Waals surface area contributed by atoms with Crippen molar-refractivity contribution in [2.24, 2.45) is 0 Å². The maximum atomic E-state index is 11.1. The summed E-state index contributed by atoms with van der Waals surface area (Å²) in [6.07, 6.45) is 3.81. The van der Waals surface area contributed by atoms with E-state index in [1.165, 1.54) is 18.4 Å². The molecular weight excluding hydrogens is 178 g/mol. The summed E-state index contributed by atoms with van der Waals surface area (Å²) in [5.41, 5.74) is 0.699. The molecule has 0 aliphatic heterocycles. The van der Waals surface area contributed by atoms with E-state index < -0.39 is 6.09 Å². The first-order chi connectivity index (χ1) is 6.83. The molecule has 0 aliphatic carbocycles. The van der Waals surface area contributed by atoms with E-state index in [4.69, 9.17) is 0 Å². The smallest absolute Gasteiger partial charge is 0.416 e. The van der Waals surface area contributed by atoms with Crippen LogP contribution in [-0.2, 0) is 4.74 Å². The van der Waals surface area contributed by atoms with E-state index >= 15 is 0 Å². The summed E-state index contributed by atoms with van der Waals surface area (Å²) in [6, 6.07) is 9.08. The van der Waals surface area contributed by atoms with Crippen molar-refractivity contribution >= 4 is 11.8 Å². The van der Waals surface area contributed by atoms with E-state index in [-0.39, 0.29) is 0 Å². The lowest BCUT2D eigenvalue weighted by Crippen LogP contribution is -2.10. The second-order valence-corrected chi connectivity index (χ2v) is 2.46. The molecule has 0 atom stereocenters. The van der Waals surface area contributed by atoms with E-state index in [9.17, 15) is 4.79 Å². The van der Waals surface area contributed by atoms with Crippen LogP contribution in [0, 0.1) is 0 Å². The summed E-state index contributed by atoms with van der Waals surface area (Å²) in [7, 11) is 0. The molecule has 14 heavy (non-hydrogen) atoms. The minimum atomic E-state index is -0.519. The van der Waals surface area contributed by atoms with Gasteiger partial charge in [-0.15, -0.1) is 0 Å². The maximum absolute atomic E-state index is 11.1. The van der Waals surface area contributed by atoms with Crippen LogP contribution in [0.1, 0.15) is 0 Å². The average Bonchev–Trinajstić information content (AvgIpc) is 2.20. The zero-order valence-electron chi connectivity index (χ0n) is 7.64. The van der Waals surface area contributed by atoms with Crippen LogP contribution in [-0.4, -0.2) is 6.09 Å². The number of benzene rings is 1.